The van der Waals surface area contributed by atoms with E-state index in [0.717, 1.165) is 92.5 Å². The fourth-order valence-corrected chi connectivity index (χ4v) is 10.7. The minimum Gasteiger partial charge on any atom is -0.490 e. The smallest absolute Gasteiger partial charge is 0.268 e. The molecule has 0 bridgehead atoms. The van der Waals surface area contributed by atoms with Gasteiger partial charge in [-0.2, -0.15) is 0 Å². The van der Waals surface area contributed by atoms with Crippen LogP contribution in [0.3, 0.4) is 0 Å². The lowest BCUT2D eigenvalue weighted by atomic mass is 10.2. The van der Waals surface area contributed by atoms with E-state index in [-0.39, 0.29) is 22.3 Å². The van der Waals surface area contributed by atoms with Gasteiger partial charge in [0.1, 0.15) is 18.1 Å². The Bertz CT molecular complexity index is 2760. The van der Waals surface area contributed by atoms with Gasteiger partial charge in [0.05, 0.1) is 38.7 Å². The first-order chi connectivity index (χ1) is 28.1. The maximum atomic E-state index is 13.5. The van der Waals surface area contributed by atoms with Crippen LogP contribution in [0.4, 0.5) is 22.7 Å². The number of aromatic nitrogens is 2. The van der Waals surface area contributed by atoms with Gasteiger partial charge in [0.2, 0.25) is 0 Å². The number of nitrogens with one attached hydrogen (secondary N) is 3. The second kappa shape index (κ2) is 15.2. The van der Waals surface area contributed by atoms with Crippen molar-refractivity contribution < 1.29 is 31.1 Å². The van der Waals surface area contributed by atoms with E-state index in [2.05, 4.69) is 31.8 Å². The fourth-order valence-electron chi connectivity index (χ4n) is 7.97. The molecule has 0 radical (unpaired) electrons. The SMILES string of the molecule is CN1CCOc2ccc(S(=O)(=O)n3ccc4c(N5CCNCC5)cccc43)cc21.O=C1COc2cc(S(=O)(=O)n3ccc4c(N5CCNCC5)cccc43)ccc2N1. The van der Waals surface area contributed by atoms with Crippen molar-refractivity contribution in [2.75, 3.05) is 99.2 Å². The first-order valence-corrected chi connectivity index (χ1v) is 22.1. The van der Waals surface area contributed by atoms with E-state index in [1.165, 1.54) is 20.1 Å². The second-order valence-corrected chi connectivity index (χ2v) is 18.2. The molecule has 15 nitrogen and oxygen atoms in total. The van der Waals surface area contributed by atoms with E-state index >= 15 is 0 Å². The number of piperazine rings is 2. The Labute approximate surface area is 336 Å². The molecule has 4 aromatic carbocycles. The molecule has 1 amide bonds. The monoisotopic (exact) mass is 824 g/mol. The summed E-state index contributed by atoms with van der Waals surface area (Å²) < 4.78 is 67.3. The summed E-state index contributed by atoms with van der Waals surface area (Å²) in [6.45, 7) is 8.46. The number of ether oxygens (including phenoxy) is 2. The summed E-state index contributed by atoms with van der Waals surface area (Å²) in [5, 5.41) is 11.2. The predicted molar refractivity (Wildman–Crippen MR) is 225 cm³/mol. The molecule has 58 heavy (non-hydrogen) atoms. The lowest BCUT2D eigenvalue weighted by Gasteiger charge is -2.30. The summed E-state index contributed by atoms with van der Waals surface area (Å²) in [7, 11) is -5.60. The summed E-state index contributed by atoms with van der Waals surface area (Å²) in [6, 6.07) is 24.9. The number of amides is 1. The zero-order valence-corrected chi connectivity index (χ0v) is 33.6. The number of nitrogens with zero attached hydrogens (tertiary/aromatic N) is 5. The number of hydrogen-bond acceptors (Lipinski definition) is 12. The van der Waals surface area contributed by atoms with E-state index in [9.17, 15) is 21.6 Å². The van der Waals surface area contributed by atoms with Gasteiger partial charge in [0, 0.05) is 100 Å². The quantitative estimate of drug-likeness (QED) is 0.224. The predicted octanol–water partition coefficient (Wildman–Crippen LogP) is 3.74. The molecule has 2 fully saturated rings. The highest BCUT2D eigenvalue weighted by atomic mass is 32.2. The van der Waals surface area contributed by atoms with E-state index < -0.39 is 20.0 Å². The number of anilines is 4. The molecule has 3 N–H and O–H groups in total. The van der Waals surface area contributed by atoms with Gasteiger partial charge in [-0.15, -0.1) is 0 Å². The number of carbonyl (C=O) groups is 1. The second-order valence-electron chi connectivity index (χ2n) is 14.5. The number of carbonyl (C=O) groups excluding carboxylic acids is 1. The van der Waals surface area contributed by atoms with Crippen LogP contribution in [-0.2, 0) is 24.8 Å². The van der Waals surface area contributed by atoms with E-state index in [1.807, 2.05) is 54.4 Å². The van der Waals surface area contributed by atoms with E-state index in [0.29, 0.717) is 29.1 Å². The van der Waals surface area contributed by atoms with Crippen molar-refractivity contribution in [3.8, 4) is 11.5 Å². The largest absolute Gasteiger partial charge is 0.490 e. The van der Waals surface area contributed by atoms with Crippen molar-refractivity contribution in [1.29, 1.82) is 0 Å². The van der Waals surface area contributed by atoms with E-state index in [4.69, 9.17) is 9.47 Å². The average molecular weight is 825 g/mol. The number of fused-ring (bicyclic) bond motifs is 4. The third-order valence-electron chi connectivity index (χ3n) is 11.0. The van der Waals surface area contributed by atoms with Gasteiger partial charge < -0.3 is 40.1 Å². The molecule has 0 saturated carbocycles. The Morgan fingerprint density at radius 2 is 1.14 bits per heavy atom. The third kappa shape index (κ3) is 6.86. The molecule has 6 aromatic rings. The number of rotatable bonds is 6. The first-order valence-electron chi connectivity index (χ1n) is 19.3. The van der Waals surface area contributed by atoms with Crippen LogP contribution in [-0.4, -0.2) is 110 Å². The summed E-state index contributed by atoms with van der Waals surface area (Å²) in [4.78, 5) is 18.4. The summed E-state index contributed by atoms with van der Waals surface area (Å²) >= 11 is 0. The van der Waals surface area contributed by atoms with Crippen LogP contribution in [0.15, 0.2) is 107 Å². The maximum Gasteiger partial charge on any atom is 0.268 e. The number of likely N-dealkylation sites (N-methyl/N-ethyl adjacent to an activating group) is 1. The van der Waals surface area contributed by atoms with Crippen molar-refractivity contribution in [2.45, 2.75) is 9.79 Å². The topological polar surface area (TPSA) is 159 Å². The Morgan fingerprint density at radius 3 is 1.72 bits per heavy atom. The standard InChI is InChI=1S/C21H24N4O3S.C20H20N4O4S/c1-23-13-14-28-21-6-5-16(15-20(21)23)29(26,27)25-10-7-17-18(3-2-4-19(17)25)24-11-8-22-9-12-24;25-20-13-28-19-12-14(4-5-16(19)22-20)29(26,27)24-9-6-15-17(2-1-3-18(15)24)23-10-7-21-8-11-23/h2-7,10,15,22H,8-9,11-14H2,1H3;1-6,9,12,21H,7-8,10-11,13H2,(H,22,25). The van der Waals surface area contributed by atoms with Crippen LogP contribution < -0.4 is 40.1 Å². The van der Waals surface area contributed by atoms with Crippen LogP contribution >= 0.6 is 0 Å². The number of benzene rings is 4. The van der Waals surface area contributed by atoms with Gasteiger partial charge >= 0.3 is 0 Å². The molecule has 0 unspecified atom stereocenters. The highest BCUT2D eigenvalue weighted by Crippen LogP contribution is 2.37. The van der Waals surface area contributed by atoms with Gasteiger partial charge in [0.15, 0.2) is 6.61 Å². The normalized spacial score (nSPS) is 17.1. The summed E-state index contributed by atoms with van der Waals surface area (Å²) in [5.41, 5.74) is 4.72. The van der Waals surface area contributed by atoms with Crippen LogP contribution in [0.25, 0.3) is 21.8 Å². The van der Waals surface area contributed by atoms with Crippen molar-refractivity contribution >= 4 is 70.5 Å². The van der Waals surface area contributed by atoms with Crippen LogP contribution in [0.5, 0.6) is 11.5 Å². The molecule has 4 aliphatic heterocycles. The fraction of sp³-hybridized carbons (Fsp3) is 0.293. The molecule has 17 heteroatoms. The lowest BCUT2D eigenvalue weighted by Crippen LogP contribution is -2.43. The summed E-state index contributed by atoms with van der Waals surface area (Å²) in [6.07, 6.45) is 3.25. The molecule has 10 rings (SSSR count). The third-order valence-corrected chi connectivity index (χ3v) is 14.4. The van der Waals surface area contributed by atoms with E-state index in [1.54, 1.807) is 36.7 Å². The molecule has 0 atom stereocenters. The molecular weight excluding hydrogens is 781 g/mol. The molecule has 2 saturated heterocycles. The average Bonchev–Trinajstić information content (AvgIpc) is 3.91. The molecule has 0 spiro atoms. The molecule has 4 aliphatic rings. The van der Waals surface area contributed by atoms with Crippen LogP contribution in [0.2, 0.25) is 0 Å². The Morgan fingerprint density at radius 1 is 0.586 bits per heavy atom. The van der Waals surface area contributed by atoms with Crippen molar-refractivity contribution in [2.24, 2.45) is 0 Å². The Hall–Kier alpha value is -5.75. The first kappa shape index (κ1) is 37.8. The lowest BCUT2D eigenvalue weighted by molar-refractivity contribution is -0.118. The highest BCUT2D eigenvalue weighted by molar-refractivity contribution is 7.90. The molecule has 6 heterocycles. The van der Waals surface area contributed by atoms with Crippen molar-refractivity contribution in [1.82, 2.24) is 18.6 Å². The van der Waals surface area contributed by atoms with Gasteiger partial charge in [-0.3, -0.25) is 4.79 Å². The number of hydrogen-bond donors (Lipinski definition) is 3. The zero-order valence-electron chi connectivity index (χ0n) is 31.9. The van der Waals surface area contributed by atoms with Gasteiger partial charge in [-0.1, -0.05) is 12.1 Å². The summed E-state index contributed by atoms with van der Waals surface area (Å²) in [5.74, 6) is 0.810. The van der Waals surface area contributed by atoms with Crippen molar-refractivity contribution in [3.05, 3.63) is 97.3 Å². The van der Waals surface area contributed by atoms with Gasteiger partial charge in [0.25, 0.3) is 26.0 Å². The minimum absolute atomic E-state index is 0.109. The maximum absolute atomic E-state index is 13.5. The van der Waals surface area contributed by atoms with Crippen LogP contribution in [0.1, 0.15) is 0 Å². The Balaban J connectivity index is 0.000000150. The van der Waals surface area contributed by atoms with Gasteiger partial charge in [-0.05, 0) is 66.7 Å². The molecular formula is C41H44N8O7S2. The highest BCUT2D eigenvalue weighted by Gasteiger charge is 2.27. The van der Waals surface area contributed by atoms with Gasteiger partial charge in [-0.25, -0.2) is 24.8 Å². The zero-order chi connectivity index (χ0) is 40.0. The molecule has 0 aliphatic carbocycles. The van der Waals surface area contributed by atoms with Crippen LogP contribution in [0, 0.1) is 0 Å². The van der Waals surface area contributed by atoms with Crippen molar-refractivity contribution in [3.63, 3.8) is 0 Å². The molecule has 2 aromatic heterocycles. The Kier molecular flexibility index (Phi) is 9.91. The molecule has 302 valence electrons. The minimum atomic E-state index is -3.82.